The molecule has 0 aromatic heterocycles. The van der Waals surface area contributed by atoms with Crippen LogP contribution in [0.5, 0.6) is 0 Å². The highest BCUT2D eigenvalue weighted by Crippen LogP contribution is 2.18. The van der Waals surface area contributed by atoms with E-state index in [4.69, 9.17) is 0 Å². The molecule has 1 aliphatic heterocycles. The molecule has 7 heteroatoms. The largest absolute Gasteiger partial charge is 0.355 e. The first-order valence-corrected chi connectivity index (χ1v) is 9.86. The van der Waals surface area contributed by atoms with Gasteiger partial charge < -0.3 is 10.6 Å². The number of rotatable bonds is 6. The third kappa shape index (κ3) is 4.80. The van der Waals surface area contributed by atoms with Crippen molar-refractivity contribution in [2.75, 3.05) is 18.1 Å². The Kier molecular flexibility index (Phi) is 5.64. The number of carbonyl (C=O) groups is 2. The normalized spacial score (nSPS) is 19.7. The van der Waals surface area contributed by atoms with E-state index in [-0.39, 0.29) is 17.4 Å². The quantitative estimate of drug-likeness (QED) is 0.736. The summed E-state index contributed by atoms with van der Waals surface area (Å²) in [5.74, 6) is -0.773. The van der Waals surface area contributed by atoms with Crippen LogP contribution in [0.2, 0.25) is 0 Å². The topological polar surface area (TPSA) is 92.3 Å². The van der Waals surface area contributed by atoms with Gasteiger partial charge in [-0.1, -0.05) is 30.3 Å². The fourth-order valence-electron chi connectivity index (χ4n) is 2.56. The van der Waals surface area contributed by atoms with Gasteiger partial charge in [0.25, 0.3) is 0 Å². The number of hydrogen-bond acceptors (Lipinski definition) is 4. The summed E-state index contributed by atoms with van der Waals surface area (Å²) in [6, 6.07) is 9.35. The number of nitrogens with one attached hydrogen (secondary N) is 2. The Bertz CT molecular complexity index is 699. The molecule has 2 amide bonds. The van der Waals surface area contributed by atoms with Crippen LogP contribution in [0.3, 0.4) is 0 Å². The fraction of sp³-hybridized carbons (Fsp3) is 0.529. The maximum absolute atomic E-state index is 12.3. The lowest BCUT2D eigenvalue weighted by atomic mass is 9.90. The standard InChI is InChI=1S/C17H24N2O4S/c1-17(2,16(21)19-14-9-11-24(22,23)12-14)15(20)18-10-8-13-6-4-3-5-7-13/h3-7,14H,8-12H2,1-2H3,(H,18,20)(H,19,21). The van der Waals surface area contributed by atoms with Gasteiger partial charge in [0, 0.05) is 12.6 Å². The molecule has 132 valence electrons. The molecule has 24 heavy (non-hydrogen) atoms. The number of carbonyl (C=O) groups excluding carboxylic acids is 2. The lowest BCUT2D eigenvalue weighted by molar-refractivity contribution is -0.141. The van der Waals surface area contributed by atoms with E-state index in [1.54, 1.807) is 13.8 Å². The van der Waals surface area contributed by atoms with Gasteiger partial charge in [-0.25, -0.2) is 8.42 Å². The molecule has 1 fully saturated rings. The molecule has 6 nitrogen and oxygen atoms in total. The molecular weight excluding hydrogens is 328 g/mol. The fourth-order valence-corrected chi connectivity index (χ4v) is 4.24. The van der Waals surface area contributed by atoms with E-state index in [0.717, 1.165) is 5.56 Å². The molecular formula is C17H24N2O4S. The van der Waals surface area contributed by atoms with Crippen LogP contribution >= 0.6 is 0 Å². The van der Waals surface area contributed by atoms with Crippen LogP contribution in [0.25, 0.3) is 0 Å². The van der Waals surface area contributed by atoms with Crippen molar-refractivity contribution in [1.82, 2.24) is 10.6 Å². The Hall–Kier alpha value is -1.89. The number of sulfone groups is 1. The van der Waals surface area contributed by atoms with E-state index in [1.807, 2.05) is 30.3 Å². The Labute approximate surface area is 142 Å². The Morgan fingerprint density at radius 1 is 1.17 bits per heavy atom. The summed E-state index contributed by atoms with van der Waals surface area (Å²) in [6.07, 6.45) is 1.09. The van der Waals surface area contributed by atoms with Crippen molar-refractivity contribution in [3.8, 4) is 0 Å². The molecule has 2 N–H and O–H groups in total. The summed E-state index contributed by atoms with van der Waals surface area (Å²) in [4.78, 5) is 24.6. The van der Waals surface area contributed by atoms with Gasteiger partial charge in [0.15, 0.2) is 9.84 Å². The van der Waals surface area contributed by atoms with Gasteiger partial charge in [0.1, 0.15) is 5.41 Å². The molecule has 0 radical (unpaired) electrons. The van der Waals surface area contributed by atoms with Crippen molar-refractivity contribution < 1.29 is 18.0 Å². The molecule has 0 saturated carbocycles. The van der Waals surface area contributed by atoms with E-state index in [2.05, 4.69) is 10.6 Å². The zero-order valence-electron chi connectivity index (χ0n) is 14.0. The van der Waals surface area contributed by atoms with Crippen LogP contribution in [-0.4, -0.2) is 44.3 Å². The van der Waals surface area contributed by atoms with Crippen LogP contribution in [0, 0.1) is 5.41 Å². The molecule has 1 unspecified atom stereocenters. The summed E-state index contributed by atoms with van der Waals surface area (Å²) < 4.78 is 22.9. The minimum absolute atomic E-state index is 0.0511. The Morgan fingerprint density at radius 2 is 1.83 bits per heavy atom. The second kappa shape index (κ2) is 7.34. The third-order valence-corrected chi connectivity index (χ3v) is 6.01. The van der Waals surface area contributed by atoms with E-state index in [0.29, 0.717) is 19.4 Å². The third-order valence-electron chi connectivity index (χ3n) is 4.25. The van der Waals surface area contributed by atoms with Crippen LogP contribution in [-0.2, 0) is 25.8 Å². The molecule has 0 bridgehead atoms. The van der Waals surface area contributed by atoms with Crippen molar-refractivity contribution in [2.24, 2.45) is 5.41 Å². The minimum atomic E-state index is -3.07. The molecule has 1 aliphatic rings. The van der Waals surface area contributed by atoms with Crippen molar-refractivity contribution >= 4 is 21.7 Å². The molecule has 1 heterocycles. The lowest BCUT2D eigenvalue weighted by Crippen LogP contribution is -2.51. The highest BCUT2D eigenvalue weighted by molar-refractivity contribution is 7.91. The van der Waals surface area contributed by atoms with Crippen molar-refractivity contribution in [1.29, 1.82) is 0 Å². The van der Waals surface area contributed by atoms with Crippen LogP contribution in [0.15, 0.2) is 30.3 Å². The minimum Gasteiger partial charge on any atom is -0.355 e. The number of benzene rings is 1. The van der Waals surface area contributed by atoms with E-state index < -0.39 is 27.2 Å². The molecule has 1 atom stereocenters. The first-order chi connectivity index (χ1) is 11.2. The second-order valence-electron chi connectivity index (χ2n) is 6.69. The molecule has 0 aliphatic carbocycles. The van der Waals surface area contributed by atoms with Crippen molar-refractivity contribution in [2.45, 2.75) is 32.7 Å². The van der Waals surface area contributed by atoms with Crippen molar-refractivity contribution in [3.63, 3.8) is 0 Å². The van der Waals surface area contributed by atoms with Crippen molar-refractivity contribution in [3.05, 3.63) is 35.9 Å². The molecule has 1 aromatic rings. The van der Waals surface area contributed by atoms with Gasteiger partial charge >= 0.3 is 0 Å². The van der Waals surface area contributed by atoms with Gasteiger partial charge in [-0.2, -0.15) is 0 Å². The highest BCUT2D eigenvalue weighted by atomic mass is 32.2. The summed E-state index contributed by atoms with van der Waals surface area (Å²) in [5, 5.41) is 5.46. The maximum atomic E-state index is 12.3. The first kappa shape index (κ1) is 18.4. The summed E-state index contributed by atoms with van der Waals surface area (Å²) in [5.41, 5.74) is -0.139. The molecule has 1 saturated heterocycles. The van der Waals surface area contributed by atoms with Gasteiger partial charge in [-0.3, -0.25) is 9.59 Å². The van der Waals surface area contributed by atoms with E-state index >= 15 is 0 Å². The van der Waals surface area contributed by atoms with Crippen LogP contribution in [0.1, 0.15) is 25.8 Å². The van der Waals surface area contributed by atoms with Gasteiger partial charge in [0.2, 0.25) is 11.8 Å². The second-order valence-corrected chi connectivity index (χ2v) is 8.92. The van der Waals surface area contributed by atoms with Gasteiger partial charge in [-0.05, 0) is 32.3 Å². The average Bonchev–Trinajstić information content (AvgIpc) is 2.87. The molecule has 2 rings (SSSR count). The van der Waals surface area contributed by atoms with Gasteiger partial charge in [-0.15, -0.1) is 0 Å². The zero-order valence-corrected chi connectivity index (χ0v) is 14.9. The predicted molar refractivity (Wildman–Crippen MR) is 92.1 cm³/mol. The maximum Gasteiger partial charge on any atom is 0.235 e. The zero-order chi connectivity index (χ0) is 17.8. The Morgan fingerprint density at radius 3 is 2.42 bits per heavy atom. The van der Waals surface area contributed by atoms with Gasteiger partial charge in [0.05, 0.1) is 11.5 Å². The average molecular weight is 352 g/mol. The number of hydrogen-bond donors (Lipinski definition) is 2. The lowest BCUT2D eigenvalue weighted by Gasteiger charge is -2.24. The number of amides is 2. The molecule has 0 spiro atoms. The Balaban J connectivity index is 1.84. The summed E-state index contributed by atoms with van der Waals surface area (Å²) >= 11 is 0. The van der Waals surface area contributed by atoms with Crippen LogP contribution in [0.4, 0.5) is 0 Å². The first-order valence-electron chi connectivity index (χ1n) is 8.04. The smallest absolute Gasteiger partial charge is 0.235 e. The molecule has 1 aromatic carbocycles. The SMILES string of the molecule is CC(C)(C(=O)NCCc1ccccc1)C(=O)NC1CCS(=O)(=O)C1. The van der Waals surface area contributed by atoms with Crippen LogP contribution < -0.4 is 10.6 Å². The van der Waals surface area contributed by atoms with E-state index in [9.17, 15) is 18.0 Å². The summed E-state index contributed by atoms with van der Waals surface area (Å²) in [7, 11) is -3.07. The summed E-state index contributed by atoms with van der Waals surface area (Å²) in [6.45, 7) is 3.53. The highest BCUT2D eigenvalue weighted by Gasteiger charge is 2.38. The van der Waals surface area contributed by atoms with E-state index in [1.165, 1.54) is 0 Å². The predicted octanol–water partition coefficient (Wildman–Crippen LogP) is 0.675. The monoisotopic (exact) mass is 352 g/mol.